The van der Waals surface area contributed by atoms with Crippen LogP contribution in [0.3, 0.4) is 0 Å². The number of amides is 1. The van der Waals surface area contributed by atoms with Gasteiger partial charge in [-0.3, -0.25) is 4.79 Å². The fraction of sp³-hybridized carbons (Fsp3) is 0.818. The molecule has 0 saturated carbocycles. The van der Waals surface area contributed by atoms with Crippen molar-refractivity contribution in [2.45, 2.75) is 46.2 Å². The Morgan fingerprint density at radius 1 is 1.31 bits per heavy atom. The van der Waals surface area contributed by atoms with E-state index < -0.39 is 18.1 Å². The molecule has 1 amide bonds. The molecule has 0 bridgehead atoms. The highest BCUT2D eigenvalue weighted by Crippen LogP contribution is 1.99. The molecule has 0 aliphatic carbocycles. The van der Waals surface area contributed by atoms with Crippen molar-refractivity contribution in [2.75, 3.05) is 6.61 Å². The first-order valence-electron chi connectivity index (χ1n) is 5.61. The van der Waals surface area contributed by atoms with Gasteiger partial charge in [0.25, 0.3) is 0 Å². The van der Waals surface area contributed by atoms with Crippen molar-refractivity contribution in [2.24, 2.45) is 11.7 Å². The van der Waals surface area contributed by atoms with Gasteiger partial charge in [-0.1, -0.05) is 20.8 Å². The topological polar surface area (TPSA) is 81.4 Å². The standard InChI is InChI=1S/C11H22N2O3/c1-5-9(13-10(14)8(4)12)11(15)16-6-7(2)3/h7-9H,5-6,12H2,1-4H3,(H,13,14)/t8-,9-/m0/s1. The van der Waals surface area contributed by atoms with E-state index in [4.69, 9.17) is 10.5 Å². The molecule has 0 radical (unpaired) electrons. The number of hydrogen-bond acceptors (Lipinski definition) is 4. The van der Waals surface area contributed by atoms with Crippen LogP contribution in [0.1, 0.15) is 34.1 Å². The Balaban J connectivity index is 4.17. The van der Waals surface area contributed by atoms with Gasteiger partial charge in [0.1, 0.15) is 6.04 Å². The van der Waals surface area contributed by atoms with Crippen molar-refractivity contribution < 1.29 is 14.3 Å². The third-order valence-electron chi connectivity index (χ3n) is 1.98. The number of rotatable bonds is 6. The third kappa shape index (κ3) is 5.70. The normalized spacial score (nSPS) is 14.4. The van der Waals surface area contributed by atoms with Gasteiger partial charge < -0.3 is 15.8 Å². The van der Waals surface area contributed by atoms with Gasteiger partial charge in [-0.05, 0) is 19.3 Å². The second kappa shape index (κ2) is 7.22. The first kappa shape index (κ1) is 14.9. The lowest BCUT2D eigenvalue weighted by atomic mass is 10.2. The van der Waals surface area contributed by atoms with Crippen LogP contribution in [0.25, 0.3) is 0 Å². The van der Waals surface area contributed by atoms with Gasteiger partial charge in [0, 0.05) is 0 Å². The van der Waals surface area contributed by atoms with Crippen LogP contribution in [-0.4, -0.2) is 30.6 Å². The molecular formula is C11H22N2O3. The number of nitrogens with one attached hydrogen (secondary N) is 1. The van der Waals surface area contributed by atoms with Gasteiger partial charge >= 0.3 is 5.97 Å². The van der Waals surface area contributed by atoms with Gasteiger partial charge in [-0.15, -0.1) is 0 Å². The van der Waals surface area contributed by atoms with E-state index in [-0.39, 0.29) is 11.8 Å². The molecule has 16 heavy (non-hydrogen) atoms. The van der Waals surface area contributed by atoms with Gasteiger partial charge in [-0.25, -0.2) is 4.79 Å². The monoisotopic (exact) mass is 230 g/mol. The minimum absolute atomic E-state index is 0.283. The van der Waals surface area contributed by atoms with E-state index in [0.717, 1.165) is 0 Å². The highest BCUT2D eigenvalue weighted by molar-refractivity contribution is 5.87. The molecule has 94 valence electrons. The summed E-state index contributed by atoms with van der Waals surface area (Å²) in [7, 11) is 0. The van der Waals surface area contributed by atoms with Crippen LogP contribution in [-0.2, 0) is 14.3 Å². The summed E-state index contributed by atoms with van der Waals surface area (Å²) in [6.07, 6.45) is 0.495. The van der Waals surface area contributed by atoms with Crippen LogP contribution >= 0.6 is 0 Å². The van der Waals surface area contributed by atoms with Gasteiger partial charge in [0.05, 0.1) is 12.6 Å². The highest BCUT2D eigenvalue weighted by Gasteiger charge is 2.21. The number of carbonyl (C=O) groups is 2. The molecule has 0 aromatic rings. The Bertz CT molecular complexity index is 239. The zero-order chi connectivity index (χ0) is 12.7. The van der Waals surface area contributed by atoms with Crippen LogP contribution in [0.2, 0.25) is 0 Å². The Morgan fingerprint density at radius 3 is 2.25 bits per heavy atom. The molecule has 0 unspecified atom stereocenters. The fourth-order valence-corrected chi connectivity index (χ4v) is 0.980. The average molecular weight is 230 g/mol. The number of hydrogen-bond donors (Lipinski definition) is 2. The molecule has 0 fully saturated rings. The lowest BCUT2D eigenvalue weighted by Gasteiger charge is -2.17. The molecule has 0 spiro atoms. The van der Waals surface area contributed by atoms with Gasteiger partial charge in [0.15, 0.2) is 0 Å². The maximum Gasteiger partial charge on any atom is 0.328 e. The van der Waals surface area contributed by atoms with E-state index in [2.05, 4.69) is 5.32 Å². The van der Waals surface area contributed by atoms with Gasteiger partial charge in [0.2, 0.25) is 5.91 Å². The first-order valence-corrected chi connectivity index (χ1v) is 5.61. The van der Waals surface area contributed by atoms with Gasteiger partial charge in [-0.2, -0.15) is 0 Å². The maximum atomic E-state index is 11.6. The number of ether oxygens (including phenoxy) is 1. The maximum absolute atomic E-state index is 11.6. The quantitative estimate of drug-likeness (QED) is 0.648. The van der Waals surface area contributed by atoms with Crippen molar-refractivity contribution >= 4 is 11.9 Å². The Hall–Kier alpha value is -1.10. The first-order chi connectivity index (χ1) is 7.38. The van der Waals surface area contributed by atoms with E-state index in [9.17, 15) is 9.59 Å². The summed E-state index contributed by atoms with van der Waals surface area (Å²) in [4.78, 5) is 22.9. The second-order valence-electron chi connectivity index (χ2n) is 4.28. The minimum atomic E-state index is -0.619. The van der Waals surface area contributed by atoms with E-state index >= 15 is 0 Å². The van der Waals surface area contributed by atoms with E-state index in [1.807, 2.05) is 20.8 Å². The second-order valence-corrected chi connectivity index (χ2v) is 4.28. The number of esters is 1. The van der Waals surface area contributed by atoms with Crippen molar-refractivity contribution in [3.63, 3.8) is 0 Å². The molecular weight excluding hydrogens is 208 g/mol. The molecule has 5 heteroatoms. The predicted octanol–water partition coefficient (Wildman–Crippen LogP) is 0.428. The van der Waals surface area contributed by atoms with Crippen molar-refractivity contribution in [3.8, 4) is 0 Å². The van der Waals surface area contributed by atoms with Crippen molar-refractivity contribution in [3.05, 3.63) is 0 Å². The third-order valence-corrected chi connectivity index (χ3v) is 1.98. The van der Waals surface area contributed by atoms with Crippen LogP contribution in [0, 0.1) is 5.92 Å². The largest absolute Gasteiger partial charge is 0.464 e. The summed E-state index contributed by atoms with van der Waals surface area (Å²) < 4.78 is 5.04. The smallest absolute Gasteiger partial charge is 0.328 e. The number of carbonyl (C=O) groups excluding carboxylic acids is 2. The summed E-state index contributed by atoms with van der Waals surface area (Å²) >= 11 is 0. The molecule has 0 aliphatic rings. The van der Waals surface area contributed by atoms with Crippen molar-refractivity contribution in [1.29, 1.82) is 0 Å². The summed E-state index contributed by atoms with van der Waals surface area (Å²) in [5, 5.41) is 2.55. The fourth-order valence-electron chi connectivity index (χ4n) is 0.980. The highest BCUT2D eigenvalue weighted by atomic mass is 16.5. The Kier molecular flexibility index (Phi) is 6.72. The SMILES string of the molecule is CC[C@H](NC(=O)[C@H](C)N)C(=O)OCC(C)C. The molecule has 3 N–H and O–H groups in total. The summed E-state index contributed by atoms with van der Waals surface area (Å²) in [6.45, 7) is 7.65. The summed E-state index contributed by atoms with van der Waals surface area (Å²) in [6, 6.07) is -1.22. The Labute approximate surface area is 96.7 Å². The lowest BCUT2D eigenvalue weighted by molar-refractivity contribution is -0.149. The van der Waals surface area contributed by atoms with Crippen LogP contribution in [0.15, 0.2) is 0 Å². The van der Waals surface area contributed by atoms with E-state index in [0.29, 0.717) is 13.0 Å². The molecule has 2 atom stereocenters. The average Bonchev–Trinajstić information content (AvgIpc) is 2.21. The Morgan fingerprint density at radius 2 is 1.88 bits per heavy atom. The lowest BCUT2D eigenvalue weighted by Crippen LogP contribution is -2.47. The summed E-state index contributed by atoms with van der Waals surface area (Å²) in [5.41, 5.74) is 5.40. The predicted molar refractivity (Wildman–Crippen MR) is 61.7 cm³/mol. The summed E-state index contributed by atoms with van der Waals surface area (Å²) in [5.74, 6) is -0.455. The molecule has 0 saturated heterocycles. The molecule has 0 aromatic heterocycles. The zero-order valence-corrected chi connectivity index (χ0v) is 10.4. The molecule has 5 nitrogen and oxygen atoms in total. The molecule has 0 heterocycles. The number of nitrogens with two attached hydrogens (primary N) is 1. The molecule has 0 aromatic carbocycles. The van der Waals surface area contributed by atoms with Crippen LogP contribution in [0.4, 0.5) is 0 Å². The zero-order valence-electron chi connectivity index (χ0n) is 10.4. The van der Waals surface area contributed by atoms with Crippen molar-refractivity contribution in [1.82, 2.24) is 5.32 Å². The van der Waals surface area contributed by atoms with Crippen LogP contribution < -0.4 is 11.1 Å². The molecule has 0 rings (SSSR count). The molecule has 0 aliphatic heterocycles. The van der Waals surface area contributed by atoms with Crippen LogP contribution in [0.5, 0.6) is 0 Å². The minimum Gasteiger partial charge on any atom is -0.464 e. The van der Waals surface area contributed by atoms with E-state index in [1.54, 1.807) is 6.92 Å². The van der Waals surface area contributed by atoms with E-state index in [1.165, 1.54) is 0 Å².